The lowest BCUT2D eigenvalue weighted by Gasteiger charge is -2.29. The normalized spacial score (nSPS) is 14.8. The first-order valence-electron chi connectivity index (χ1n) is 10.2. The lowest BCUT2D eigenvalue weighted by molar-refractivity contribution is -0.194. The zero-order valence-electron chi connectivity index (χ0n) is 18.5. The number of nitrogens with one attached hydrogen (secondary N) is 2. The molecule has 1 aromatic heterocycles. The lowest BCUT2D eigenvalue weighted by Crippen LogP contribution is -2.65. The Labute approximate surface area is 191 Å². The number of carbonyl (C=O) groups excluding carboxylic acids is 4. The number of rotatable bonds is 6. The fraction of sp³-hybridized carbons (Fsp3) is 0.364. The SMILES string of the molecule is Cc1cc(NC(=O)c2c(C)c(C(=O)C(=O)N[C@](C)(C(N)=O)C(F)(F)F)c3n2CCC3)ccc1F. The molecule has 3 rings (SSSR count). The summed E-state index contributed by atoms with van der Waals surface area (Å²) < 4.78 is 55.1. The Morgan fingerprint density at radius 3 is 2.32 bits per heavy atom. The molecule has 1 aromatic carbocycles. The smallest absolute Gasteiger partial charge is 0.367 e. The maximum absolute atomic E-state index is 13.5. The number of carbonyl (C=O) groups is 4. The van der Waals surface area contributed by atoms with Crippen molar-refractivity contribution < 1.29 is 36.7 Å². The standard InChI is InChI=1S/C22H22F4N4O4/c1-10-9-12(6-7-13(10)23)28-18(32)16-11(2)15(14-5-4-8-30(14)16)17(31)19(33)29-21(3,20(27)34)22(24,25)26/h6-7,9H,4-5,8H2,1-3H3,(H2,27,34)(H,28,32)(H,29,33)/t21-/m1/s1. The van der Waals surface area contributed by atoms with Crippen molar-refractivity contribution in [2.75, 3.05) is 5.32 Å². The van der Waals surface area contributed by atoms with Crippen molar-refractivity contribution in [1.29, 1.82) is 0 Å². The molecule has 0 saturated carbocycles. The second-order valence-corrected chi connectivity index (χ2v) is 8.24. The summed E-state index contributed by atoms with van der Waals surface area (Å²) in [6, 6.07) is 3.94. The average molecular weight is 482 g/mol. The highest BCUT2D eigenvalue weighted by atomic mass is 19.4. The molecule has 8 nitrogen and oxygen atoms in total. The van der Waals surface area contributed by atoms with Gasteiger partial charge in [0.15, 0.2) is 0 Å². The van der Waals surface area contributed by atoms with Gasteiger partial charge in [0, 0.05) is 17.9 Å². The summed E-state index contributed by atoms with van der Waals surface area (Å²) in [6.07, 6.45) is -4.40. The number of hydrogen-bond donors (Lipinski definition) is 3. The van der Waals surface area contributed by atoms with E-state index in [9.17, 15) is 36.7 Å². The summed E-state index contributed by atoms with van der Waals surface area (Å²) >= 11 is 0. The third kappa shape index (κ3) is 4.15. The van der Waals surface area contributed by atoms with Gasteiger partial charge in [-0.05, 0) is 62.9 Å². The Bertz CT molecular complexity index is 1220. The Morgan fingerprint density at radius 1 is 1.12 bits per heavy atom. The number of fused-ring (bicyclic) bond motifs is 1. The minimum Gasteiger partial charge on any atom is -0.367 e. The van der Waals surface area contributed by atoms with E-state index < -0.39 is 41.0 Å². The number of benzene rings is 1. The number of alkyl halides is 3. The van der Waals surface area contributed by atoms with Crippen LogP contribution in [0, 0.1) is 19.7 Å². The van der Waals surface area contributed by atoms with Crippen LogP contribution < -0.4 is 16.4 Å². The zero-order valence-corrected chi connectivity index (χ0v) is 18.5. The summed E-state index contributed by atoms with van der Waals surface area (Å²) in [5.41, 5.74) is 2.24. The second kappa shape index (κ2) is 8.58. The van der Waals surface area contributed by atoms with Gasteiger partial charge >= 0.3 is 6.18 Å². The van der Waals surface area contributed by atoms with Crippen LogP contribution in [-0.2, 0) is 22.6 Å². The Balaban J connectivity index is 1.96. The van der Waals surface area contributed by atoms with E-state index in [2.05, 4.69) is 5.32 Å². The molecule has 1 atom stereocenters. The van der Waals surface area contributed by atoms with E-state index in [0.29, 0.717) is 43.3 Å². The number of nitrogens with zero attached hydrogens (tertiary/aromatic N) is 1. The Kier molecular flexibility index (Phi) is 6.29. The van der Waals surface area contributed by atoms with Gasteiger partial charge in [0.1, 0.15) is 11.5 Å². The van der Waals surface area contributed by atoms with Crippen molar-refractivity contribution in [2.24, 2.45) is 5.73 Å². The predicted molar refractivity (Wildman–Crippen MR) is 113 cm³/mol. The van der Waals surface area contributed by atoms with Gasteiger partial charge in [-0.25, -0.2) is 4.39 Å². The van der Waals surface area contributed by atoms with Crippen LogP contribution in [0.25, 0.3) is 0 Å². The summed E-state index contributed by atoms with van der Waals surface area (Å²) in [5, 5.41) is 4.01. The van der Waals surface area contributed by atoms with E-state index in [1.54, 1.807) is 0 Å². The molecule has 12 heteroatoms. The monoisotopic (exact) mass is 482 g/mol. The van der Waals surface area contributed by atoms with E-state index in [0.717, 1.165) is 0 Å². The molecule has 182 valence electrons. The molecule has 0 fully saturated rings. The molecule has 0 spiro atoms. The number of ketones is 1. The number of Topliss-reactive ketones (excluding diaryl/α,β-unsaturated/α-hetero) is 1. The van der Waals surface area contributed by atoms with Gasteiger partial charge in [-0.15, -0.1) is 0 Å². The quantitative estimate of drug-likeness (QED) is 0.333. The van der Waals surface area contributed by atoms with Crippen molar-refractivity contribution in [3.63, 3.8) is 0 Å². The molecular formula is C22H22F4N4O4. The number of halogens is 4. The molecule has 0 saturated heterocycles. The van der Waals surface area contributed by atoms with Crippen molar-refractivity contribution >= 4 is 29.2 Å². The Morgan fingerprint density at radius 2 is 1.76 bits per heavy atom. The highest BCUT2D eigenvalue weighted by Gasteiger charge is 2.57. The molecule has 3 amide bonds. The van der Waals surface area contributed by atoms with Gasteiger partial charge < -0.3 is 20.9 Å². The van der Waals surface area contributed by atoms with Crippen LogP contribution in [0.2, 0.25) is 0 Å². The molecule has 0 bridgehead atoms. The lowest BCUT2D eigenvalue weighted by atomic mass is 9.98. The van der Waals surface area contributed by atoms with Crippen LogP contribution in [0.4, 0.5) is 23.2 Å². The van der Waals surface area contributed by atoms with Crippen LogP contribution in [0.3, 0.4) is 0 Å². The number of nitrogens with two attached hydrogens (primary N) is 1. The van der Waals surface area contributed by atoms with Crippen molar-refractivity contribution in [2.45, 2.75) is 51.9 Å². The highest BCUT2D eigenvalue weighted by molar-refractivity contribution is 6.44. The van der Waals surface area contributed by atoms with Crippen LogP contribution >= 0.6 is 0 Å². The van der Waals surface area contributed by atoms with Gasteiger partial charge in [-0.1, -0.05) is 0 Å². The molecule has 34 heavy (non-hydrogen) atoms. The van der Waals surface area contributed by atoms with Gasteiger partial charge in [0.05, 0.1) is 5.56 Å². The van der Waals surface area contributed by atoms with Gasteiger partial charge in [0.25, 0.3) is 23.5 Å². The molecule has 4 N–H and O–H groups in total. The van der Waals surface area contributed by atoms with Gasteiger partial charge in [-0.2, -0.15) is 13.2 Å². The number of hydrogen-bond acceptors (Lipinski definition) is 4. The molecule has 1 aliphatic heterocycles. The number of aryl methyl sites for hydroxylation is 1. The first-order chi connectivity index (χ1) is 15.7. The van der Waals surface area contributed by atoms with Gasteiger partial charge in [0.2, 0.25) is 5.54 Å². The van der Waals surface area contributed by atoms with E-state index in [1.807, 2.05) is 0 Å². The van der Waals surface area contributed by atoms with Crippen molar-refractivity contribution in [1.82, 2.24) is 9.88 Å². The molecule has 2 aromatic rings. The molecular weight excluding hydrogens is 460 g/mol. The van der Waals surface area contributed by atoms with Crippen molar-refractivity contribution in [3.05, 3.63) is 52.1 Å². The molecule has 0 radical (unpaired) electrons. The third-order valence-corrected chi connectivity index (χ3v) is 5.90. The van der Waals surface area contributed by atoms with E-state index in [-0.39, 0.29) is 16.8 Å². The first-order valence-corrected chi connectivity index (χ1v) is 10.2. The largest absolute Gasteiger partial charge is 0.420 e. The maximum Gasteiger partial charge on any atom is 0.420 e. The Hall–Kier alpha value is -3.70. The number of primary amides is 1. The van der Waals surface area contributed by atoms with Crippen LogP contribution in [-0.4, -0.2) is 39.8 Å². The molecule has 0 aliphatic carbocycles. The summed E-state index contributed by atoms with van der Waals surface area (Å²) in [6.45, 7) is 3.62. The highest BCUT2D eigenvalue weighted by Crippen LogP contribution is 2.32. The van der Waals surface area contributed by atoms with Gasteiger partial charge in [-0.3, -0.25) is 19.2 Å². The minimum absolute atomic E-state index is 0.0547. The van der Waals surface area contributed by atoms with E-state index in [4.69, 9.17) is 5.73 Å². The summed E-state index contributed by atoms with van der Waals surface area (Å²) in [5.74, 6) is -5.98. The number of amides is 3. The van der Waals surface area contributed by atoms with E-state index >= 15 is 0 Å². The average Bonchev–Trinajstić information content (AvgIpc) is 3.28. The fourth-order valence-corrected chi connectivity index (χ4v) is 3.90. The van der Waals surface area contributed by atoms with Crippen molar-refractivity contribution in [3.8, 4) is 0 Å². The van der Waals surface area contributed by atoms with Crippen LogP contribution in [0.15, 0.2) is 18.2 Å². The fourth-order valence-electron chi connectivity index (χ4n) is 3.90. The molecule has 1 aliphatic rings. The summed E-state index contributed by atoms with van der Waals surface area (Å²) in [4.78, 5) is 49.8. The van der Waals surface area contributed by atoms with E-state index in [1.165, 1.54) is 41.9 Å². The first kappa shape index (κ1) is 24.9. The topological polar surface area (TPSA) is 123 Å². The zero-order chi connectivity index (χ0) is 25.6. The second-order valence-electron chi connectivity index (χ2n) is 8.24. The van der Waals surface area contributed by atoms with Crippen LogP contribution in [0.5, 0.6) is 0 Å². The predicted octanol–water partition coefficient (Wildman–Crippen LogP) is 2.55. The maximum atomic E-state index is 13.5. The molecule has 0 unspecified atom stereocenters. The van der Waals surface area contributed by atoms with Crippen LogP contribution in [0.1, 0.15) is 51.0 Å². The summed E-state index contributed by atoms with van der Waals surface area (Å²) in [7, 11) is 0. The number of aromatic nitrogens is 1. The third-order valence-electron chi connectivity index (χ3n) is 5.90. The molecule has 2 heterocycles. The minimum atomic E-state index is -5.25. The number of anilines is 1.